The van der Waals surface area contributed by atoms with Crippen LogP contribution in [0.25, 0.3) is 0 Å². The lowest BCUT2D eigenvalue weighted by molar-refractivity contribution is -0.146. The van der Waals surface area contributed by atoms with E-state index < -0.39 is 30.6 Å². The molecule has 7 N–H and O–H groups in total. The molecule has 0 aliphatic rings. The predicted octanol–water partition coefficient (Wildman–Crippen LogP) is -0.692. The van der Waals surface area contributed by atoms with Gasteiger partial charge < -0.3 is 21.7 Å². The Morgan fingerprint density at radius 2 is 1.82 bits per heavy atom. The van der Waals surface area contributed by atoms with Gasteiger partial charge in [-0.05, 0) is 19.4 Å². The average Bonchev–Trinajstić information content (AvgIpc) is 2.22. The normalized spacial score (nSPS) is 14.2. The minimum atomic E-state index is -1.20. The third-order valence-electron chi connectivity index (χ3n) is 2.31. The van der Waals surface area contributed by atoms with E-state index in [-0.39, 0.29) is 0 Å². The van der Waals surface area contributed by atoms with E-state index in [1.807, 2.05) is 0 Å². The summed E-state index contributed by atoms with van der Waals surface area (Å²) in [5.74, 6) is -2.37. The van der Waals surface area contributed by atoms with Gasteiger partial charge in [0.25, 0.3) is 0 Å². The van der Waals surface area contributed by atoms with Crippen molar-refractivity contribution in [3.05, 3.63) is 0 Å². The van der Waals surface area contributed by atoms with Gasteiger partial charge in [0.1, 0.15) is 6.04 Å². The molecule has 1 unspecified atom stereocenters. The zero-order valence-corrected chi connectivity index (χ0v) is 9.76. The molecule has 0 rings (SSSR count). The minimum absolute atomic E-state index is 0.480. The van der Waals surface area contributed by atoms with E-state index in [0.717, 1.165) is 19.3 Å². The van der Waals surface area contributed by atoms with Gasteiger partial charge in [0.05, 0.1) is 12.6 Å². The van der Waals surface area contributed by atoms with Crippen LogP contribution in [0.1, 0.15) is 32.1 Å². The lowest BCUT2D eigenvalue weighted by Gasteiger charge is -2.18. The molecule has 0 aromatic rings. The van der Waals surface area contributed by atoms with Gasteiger partial charge in [0.2, 0.25) is 0 Å². The fourth-order valence-corrected chi connectivity index (χ4v) is 1.42. The molecule has 0 amide bonds. The predicted molar refractivity (Wildman–Crippen MR) is 62.3 cm³/mol. The summed E-state index contributed by atoms with van der Waals surface area (Å²) < 4.78 is 0. The van der Waals surface area contributed by atoms with Crippen molar-refractivity contribution in [1.29, 1.82) is 0 Å². The molecule has 0 aromatic carbocycles. The first kappa shape index (κ1) is 15.8. The van der Waals surface area contributed by atoms with E-state index >= 15 is 0 Å². The third kappa shape index (κ3) is 8.61. The number of unbranched alkanes of at least 4 members (excludes halogenated alkanes) is 2. The molecule has 0 aromatic heterocycles. The lowest BCUT2D eigenvalue weighted by Crippen LogP contribution is -2.48. The summed E-state index contributed by atoms with van der Waals surface area (Å²) in [5, 5.41) is 19.9. The number of carbonyl (C=O) groups is 2. The smallest absolute Gasteiger partial charge is 0.321 e. The summed E-state index contributed by atoms with van der Waals surface area (Å²) in [6.07, 6.45) is 2.29. The number of nitrogens with one attached hydrogen (secondary N) is 1. The molecule has 0 fully saturated rings. The van der Waals surface area contributed by atoms with Crippen LogP contribution >= 0.6 is 0 Å². The Balaban J connectivity index is 3.91. The quantitative estimate of drug-likeness (QED) is 0.254. The molecule has 0 radical (unpaired) electrons. The van der Waals surface area contributed by atoms with Crippen molar-refractivity contribution in [2.45, 2.75) is 44.3 Å². The van der Waals surface area contributed by atoms with Crippen LogP contribution < -0.4 is 16.8 Å². The fourth-order valence-electron chi connectivity index (χ4n) is 1.42. The Kier molecular flexibility index (Phi) is 8.29. The highest BCUT2D eigenvalue weighted by Gasteiger charge is 2.22. The lowest BCUT2D eigenvalue weighted by atomic mass is 10.1. The van der Waals surface area contributed by atoms with Gasteiger partial charge in [-0.25, -0.2) is 0 Å². The topological polar surface area (TPSA) is 139 Å². The van der Waals surface area contributed by atoms with Crippen LogP contribution in [0.5, 0.6) is 0 Å². The molecular weight excluding hydrogens is 226 g/mol. The van der Waals surface area contributed by atoms with Crippen LogP contribution in [-0.2, 0) is 9.59 Å². The number of hydrogen-bond acceptors (Lipinski definition) is 5. The summed E-state index contributed by atoms with van der Waals surface area (Å²) in [5.41, 5.74) is 11.0. The van der Waals surface area contributed by atoms with Crippen LogP contribution in [0.4, 0.5) is 0 Å². The summed E-state index contributed by atoms with van der Waals surface area (Å²) in [4.78, 5) is 21.2. The molecule has 0 aliphatic heterocycles. The molecule has 0 heterocycles. The molecule has 7 heteroatoms. The van der Waals surface area contributed by atoms with Crippen LogP contribution in [0.15, 0.2) is 0 Å². The van der Waals surface area contributed by atoms with E-state index in [1.54, 1.807) is 0 Å². The molecule has 100 valence electrons. The Labute approximate surface area is 100 Å². The van der Waals surface area contributed by atoms with Crippen molar-refractivity contribution in [3.8, 4) is 0 Å². The molecule has 0 bridgehead atoms. The Hall–Kier alpha value is -1.18. The van der Waals surface area contributed by atoms with Gasteiger partial charge in [-0.15, -0.1) is 0 Å². The van der Waals surface area contributed by atoms with Crippen LogP contribution in [0.2, 0.25) is 0 Å². The second-order valence-electron chi connectivity index (χ2n) is 3.90. The Bertz CT molecular complexity index is 248. The third-order valence-corrected chi connectivity index (χ3v) is 2.31. The highest BCUT2D eigenvalue weighted by atomic mass is 16.4. The second-order valence-corrected chi connectivity index (χ2v) is 3.90. The monoisotopic (exact) mass is 247 g/mol. The standard InChI is InChI=1S/C10H21N3O4/c11-5-3-1-2-4-8(12)13-7(10(16)17)6-9(14)15/h7-8,13H,1-6,11-12H2,(H,14,15)(H,16,17)/t7-,8?/m0/s1. The maximum absolute atomic E-state index is 10.7. The first-order valence-corrected chi connectivity index (χ1v) is 5.63. The number of rotatable bonds is 10. The van der Waals surface area contributed by atoms with Crippen molar-refractivity contribution < 1.29 is 19.8 Å². The Morgan fingerprint density at radius 3 is 2.29 bits per heavy atom. The summed E-state index contributed by atoms with van der Waals surface area (Å²) in [7, 11) is 0. The molecule has 0 saturated carbocycles. The van der Waals surface area contributed by atoms with E-state index in [1.165, 1.54) is 0 Å². The number of hydrogen-bond donors (Lipinski definition) is 5. The number of carboxylic acids is 2. The van der Waals surface area contributed by atoms with Gasteiger partial charge in [-0.3, -0.25) is 14.9 Å². The summed E-state index contributed by atoms with van der Waals surface area (Å²) >= 11 is 0. The highest BCUT2D eigenvalue weighted by Crippen LogP contribution is 2.02. The van der Waals surface area contributed by atoms with Crippen LogP contribution in [-0.4, -0.2) is 40.9 Å². The number of carboxylic acid groups (broad SMARTS) is 2. The van der Waals surface area contributed by atoms with E-state index in [9.17, 15) is 9.59 Å². The Morgan fingerprint density at radius 1 is 1.18 bits per heavy atom. The van der Waals surface area contributed by atoms with E-state index in [2.05, 4.69) is 5.32 Å². The summed E-state index contributed by atoms with van der Waals surface area (Å²) in [6.45, 7) is 0.624. The molecule has 2 atom stereocenters. The fraction of sp³-hybridized carbons (Fsp3) is 0.800. The molecular formula is C10H21N3O4. The van der Waals surface area contributed by atoms with Crippen molar-refractivity contribution in [3.63, 3.8) is 0 Å². The van der Waals surface area contributed by atoms with Crippen LogP contribution in [0, 0.1) is 0 Å². The van der Waals surface area contributed by atoms with Gasteiger partial charge in [0.15, 0.2) is 0 Å². The highest BCUT2D eigenvalue weighted by molar-refractivity contribution is 5.80. The van der Waals surface area contributed by atoms with Gasteiger partial charge in [-0.1, -0.05) is 12.8 Å². The van der Waals surface area contributed by atoms with Crippen LogP contribution in [0.3, 0.4) is 0 Å². The van der Waals surface area contributed by atoms with Crippen molar-refractivity contribution in [1.82, 2.24) is 5.32 Å². The zero-order chi connectivity index (χ0) is 13.3. The maximum Gasteiger partial charge on any atom is 0.321 e. The van der Waals surface area contributed by atoms with Crippen molar-refractivity contribution >= 4 is 11.9 Å². The second kappa shape index (κ2) is 8.91. The van der Waals surface area contributed by atoms with Gasteiger partial charge in [-0.2, -0.15) is 0 Å². The minimum Gasteiger partial charge on any atom is -0.481 e. The number of nitrogens with two attached hydrogens (primary N) is 2. The molecule has 0 spiro atoms. The average molecular weight is 247 g/mol. The van der Waals surface area contributed by atoms with Crippen molar-refractivity contribution in [2.75, 3.05) is 6.54 Å². The maximum atomic E-state index is 10.7. The van der Waals surface area contributed by atoms with E-state index in [0.29, 0.717) is 13.0 Å². The van der Waals surface area contributed by atoms with Gasteiger partial charge in [0, 0.05) is 0 Å². The first-order chi connectivity index (χ1) is 7.97. The SMILES string of the molecule is NCCCCCC(N)N[C@@H](CC(=O)O)C(=O)O. The number of aliphatic carboxylic acids is 2. The molecule has 7 nitrogen and oxygen atoms in total. The molecule has 0 saturated heterocycles. The van der Waals surface area contributed by atoms with Gasteiger partial charge >= 0.3 is 11.9 Å². The van der Waals surface area contributed by atoms with Crippen molar-refractivity contribution in [2.24, 2.45) is 11.5 Å². The largest absolute Gasteiger partial charge is 0.481 e. The summed E-state index contributed by atoms with van der Waals surface area (Å²) in [6, 6.07) is -1.14. The first-order valence-electron chi connectivity index (χ1n) is 5.63. The molecule has 0 aliphatic carbocycles. The van der Waals surface area contributed by atoms with E-state index in [4.69, 9.17) is 21.7 Å². The molecule has 17 heavy (non-hydrogen) atoms. The zero-order valence-electron chi connectivity index (χ0n) is 9.76.